The number of allylic oxidation sites excluding steroid dienone is 1. The molecule has 0 aromatic carbocycles. The highest BCUT2D eigenvalue weighted by Gasteiger charge is 1.75. The summed E-state index contributed by atoms with van der Waals surface area (Å²) in [5, 5.41) is 0. The van der Waals surface area contributed by atoms with Crippen LogP contribution in [0.5, 0.6) is 0 Å². The van der Waals surface area contributed by atoms with Crippen molar-refractivity contribution in [2.24, 2.45) is 0 Å². The van der Waals surface area contributed by atoms with Crippen molar-refractivity contribution in [3.05, 3.63) is 12.7 Å². The van der Waals surface area contributed by atoms with E-state index in [-0.39, 0.29) is 6.42 Å². The fraction of sp³-hybridized carbons (Fsp3) is 0.714. The molecule has 0 aromatic heterocycles. The van der Waals surface area contributed by atoms with E-state index in [1.807, 2.05) is 0 Å². The lowest BCUT2D eigenvalue weighted by atomic mass is 10.5. The summed E-state index contributed by atoms with van der Waals surface area (Å²) in [6.07, 6.45) is 1.26. The molecule has 5 heteroatoms. The van der Waals surface area contributed by atoms with Gasteiger partial charge in [0.1, 0.15) is 6.67 Å². The normalized spacial score (nSPS) is 7.08. The van der Waals surface area contributed by atoms with Gasteiger partial charge in [0.25, 0.3) is 0 Å². The van der Waals surface area contributed by atoms with Crippen LogP contribution in [-0.2, 0) is 0 Å². The van der Waals surface area contributed by atoms with Crippen LogP contribution in [0.1, 0.15) is 6.42 Å². The molecule has 0 radical (unpaired) electrons. The molecule has 0 atom stereocenters. The maximum atomic E-state index is 10.8. The van der Waals surface area contributed by atoms with Gasteiger partial charge in [-0.3, -0.25) is 8.78 Å². The van der Waals surface area contributed by atoms with E-state index in [1.54, 1.807) is 0 Å². The number of hydrogen-bond donors (Lipinski definition) is 0. The monoisotopic (exact) mass is 192 g/mol. The van der Waals surface area contributed by atoms with E-state index < -0.39 is 27.0 Å². The first-order valence-corrected chi connectivity index (χ1v) is 3.15. The second kappa shape index (κ2) is 31.5. The van der Waals surface area contributed by atoms with Crippen molar-refractivity contribution < 1.29 is 22.0 Å². The average Bonchev–Trinajstić information content (AvgIpc) is 2.08. The van der Waals surface area contributed by atoms with Crippen LogP contribution in [0.4, 0.5) is 22.0 Å². The lowest BCUT2D eigenvalue weighted by Gasteiger charge is -1.73. The van der Waals surface area contributed by atoms with Crippen molar-refractivity contribution in [2.75, 3.05) is 27.0 Å². The zero-order valence-electron chi connectivity index (χ0n) is 6.71. The predicted molar refractivity (Wildman–Crippen MR) is 39.8 cm³/mol. The van der Waals surface area contributed by atoms with Gasteiger partial charge in [-0.25, -0.2) is 13.2 Å². The first-order chi connectivity index (χ1) is 5.74. The minimum atomic E-state index is -1.75. The maximum absolute atomic E-state index is 10.8. The fourth-order valence-electron chi connectivity index (χ4n) is 0.0505. The lowest BCUT2D eigenvalue weighted by Crippen LogP contribution is -1.73. The molecule has 0 aliphatic carbocycles. The molecule has 0 heterocycles. The first-order valence-electron chi connectivity index (χ1n) is 3.15. The lowest BCUT2D eigenvalue weighted by molar-refractivity contribution is 0.295. The molecule has 0 rings (SSSR count). The van der Waals surface area contributed by atoms with Gasteiger partial charge < -0.3 is 0 Å². The summed E-state index contributed by atoms with van der Waals surface area (Å²) in [5.41, 5.74) is 0. The van der Waals surface area contributed by atoms with Crippen LogP contribution >= 0.6 is 0 Å². The maximum Gasteiger partial charge on any atom is 0.229 e. The van der Waals surface area contributed by atoms with Crippen LogP contribution in [0.25, 0.3) is 0 Å². The highest BCUT2D eigenvalue weighted by atomic mass is 19.3. The first kappa shape index (κ1) is 17.5. The second-order valence-electron chi connectivity index (χ2n) is 1.28. The molecule has 0 fully saturated rings. The predicted octanol–water partition coefficient (Wildman–Crippen LogP) is 3.34. The quantitative estimate of drug-likeness (QED) is 0.475. The zero-order valence-corrected chi connectivity index (χ0v) is 6.71. The number of halogens is 5. The summed E-state index contributed by atoms with van der Waals surface area (Å²) in [6, 6.07) is 0. The summed E-state index contributed by atoms with van der Waals surface area (Å²) in [4.78, 5) is 0. The van der Waals surface area contributed by atoms with E-state index in [9.17, 15) is 22.0 Å². The Balaban J connectivity index is -0.000000105. The van der Waals surface area contributed by atoms with E-state index >= 15 is 0 Å². The van der Waals surface area contributed by atoms with Gasteiger partial charge in [0.2, 0.25) is 6.93 Å². The molecule has 0 spiro atoms. The van der Waals surface area contributed by atoms with E-state index in [1.165, 1.54) is 6.08 Å². The molecule has 0 amide bonds. The molecule has 0 aromatic rings. The smallest absolute Gasteiger partial charge is 0.229 e. The largest absolute Gasteiger partial charge is 0.251 e. The molecule has 0 aliphatic rings. The third-order valence-corrected chi connectivity index (χ3v) is 0.376. The molecule has 0 bridgehead atoms. The van der Waals surface area contributed by atoms with Gasteiger partial charge in [-0.05, 0) is 0 Å². The molecule has 0 nitrogen and oxygen atoms in total. The molecular formula is C7H13F5. The van der Waals surface area contributed by atoms with Crippen molar-refractivity contribution in [2.45, 2.75) is 6.42 Å². The topological polar surface area (TPSA) is 0 Å². The molecule has 0 N–H and O–H groups in total. The van der Waals surface area contributed by atoms with Crippen molar-refractivity contribution in [1.82, 2.24) is 0 Å². The highest BCUT2D eigenvalue weighted by molar-refractivity contribution is 4.61. The van der Waals surface area contributed by atoms with E-state index in [2.05, 4.69) is 6.58 Å². The van der Waals surface area contributed by atoms with Crippen molar-refractivity contribution in [3.8, 4) is 0 Å². The third-order valence-electron chi connectivity index (χ3n) is 0.376. The summed E-state index contributed by atoms with van der Waals surface area (Å²) >= 11 is 0. The second-order valence-corrected chi connectivity index (χ2v) is 1.28. The number of hydrogen-bond acceptors (Lipinski definition) is 0. The molecule has 0 unspecified atom stereocenters. The Bertz CT molecular complexity index is 55.8. The minimum absolute atomic E-state index is 0.0556. The Morgan fingerprint density at radius 1 is 0.917 bits per heavy atom. The minimum Gasteiger partial charge on any atom is -0.251 e. The van der Waals surface area contributed by atoms with Crippen LogP contribution in [0, 0.1) is 0 Å². The molecule has 76 valence electrons. The molecule has 0 saturated heterocycles. The van der Waals surface area contributed by atoms with Gasteiger partial charge in [0.15, 0.2) is 0 Å². The van der Waals surface area contributed by atoms with Crippen LogP contribution in [0.2, 0.25) is 0 Å². The Morgan fingerprint density at radius 2 is 1.17 bits per heavy atom. The van der Waals surface area contributed by atoms with E-state index in [0.29, 0.717) is 0 Å². The Kier molecular flexibility index (Phi) is 45.9. The Labute approximate surface area is 69.1 Å². The summed E-state index contributed by atoms with van der Waals surface area (Å²) in [7, 11) is 0. The van der Waals surface area contributed by atoms with E-state index in [0.717, 1.165) is 0 Å². The van der Waals surface area contributed by atoms with Gasteiger partial charge in [-0.2, -0.15) is 0 Å². The van der Waals surface area contributed by atoms with Crippen LogP contribution in [-0.4, -0.2) is 27.0 Å². The zero-order chi connectivity index (χ0) is 10.2. The fourth-order valence-corrected chi connectivity index (χ4v) is 0.0505. The van der Waals surface area contributed by atoms with Crippen molar-refractivity contribution in [1.29, 1.82) is 0 Å². The van der Waals surface area contributed by atoms with Gasteiger partial charge in [0.05, 0.1) is 13.3 Å². The van der Waals surface area contributed by atoms with Crippen LogP contribution < -0.4 is 0 Å². The number of alkyl halides is 5. The Hall–Kier alpha value is -0.610. The molecule has 0 saturated carbocycles. The molecular weight excluding hydrogens is 179 g/mol. The van der Waals surface area contributed by atoms with Gasteiger partial charge in [-0.15, -0.1) is 6.58 Å². The third kappa shape index (κ3) is 116. The van der Waals surface area contributed by atoms with Crippen molar-refractivity contribution >= 4 is 0 Å². The van der Waals surface area contributed by atoms with Crippen molar-refractivity contribution in [3.63, 3.8) is 0 Å². The summed E-state index contributed by atoms with van der Waals surface area (Å²) in [5.74, 6) is 0. The standard InChI is InChI=1S/C3H6F2.C3H5F.CH2F2/c4-2-1-3-5;1-2-3-4;2-1-3/h1-3H2;2H,1,3H2;1H2. The summed E-state index contributed by atoms with van der Waals surface area (Å²) < 4.78 is 51.4. The average molecular weight is 192 g/mol. The van der Waals surface area contributed by atoms with Crippen LogP contribution in [0.3, 0.4) is 0 Å². The number of rotatable bonds is 3. The van der Waals surface area contributed by atoms with Gasteiger partial charge in [-0.1, -0.05) is 6.08 Å². The van der Waals surface area contributed by atoms with E-state index in [4.69, 9.17) is 0 Å². The van der Waals surface area contributed by atoms with Gasteiger partial charge >= 0.3 is 0 Å². The molecule has 0 aliphatic heterocycles. The Morgan fingerprint density at radius 3 is 1.17 bits per heavy atom. The SMILES string of the molecule is C=CCF.FCCCF.FCF. The van der Waals surface area contributed by atoms with Crippen LogP contribution in [0.15, 0.2) is 12.7 Å². The molecule has 12 heavy (non-hydrogen) atoms. The highest BCUT2D eigenvalue weighted by Crippen LogP contribution is 1.77. The summed E-state index contributed by atoms with van der Waals surface area (Å²) in [6.45, 7) is -0.125. The van der Waals surface area contributed by atoms with Gasteiger partial charge in [0, 0.05) is 6.42 Å².